The van der Waals surface area contributed by atoms with Gasteiger partial charge in [-0.3, -0.25) is 0 Å². The minimum Gasteiger partial charge on any atom is -0.370 e. The Labute approximate surface area is 99.9 Å². The molecule has 0 aromatic carbocycles. The second-order valence-corrected chi connectivity index (χ2v) is 4.80. The van der Waals surface area contributed by atoms with Gasteiger partial charge in [-0.1, -0.05) is 13.8 Å². The van der Waals surface area contributed by atoms with Crippen molar-refractivity contribution < 1.29 is 0 Å². The summed E-state index contributed by atoms with van der Waals surface area (Å²) in [5.74, 6) is 2.35. The first-order valence-electron chi connectivity index (χ1n) is 5.75. The van der Waals surface area contributed by atoms with E-state index < -0.39 is 0 Å². The van der Waals surface area contributed by atoms with Crippen molar-refractivity contribution in [1.82, 2.24) is 9.97 Å². The molecule has 3 nitrogen and oxygen atoms in total. The maximum Gasteiger partial charge on any atom is 0.138 e. The average Bonchev–Trinajstić information content (AvgIpc) is 2.76. The molecule has 0 spiro atoms. The first-order valence-corrected chi connectivity index (χ1v) is 6.63. The largest absolute Gasteiger partial charge is 0.370 e. The predicted molar refractivity (Wildman–Crippen MR) is 70.3 cm³/mol. The van der Waals surface area contributed by atoms with E-state index in [1.807, 2.05) is 0 Å². The maximum absolute atomic E-state index is 4.62. The van der Waals surface area contributed by atoms with Crippen LogP contribution in [0.2, 0.25) is 0 Å². The monoisotopic (exact) mass is 235 g/mol. The highest BCUT2D eigenvalue weighted by Crippen LogP contribution is 2.27. The summed E-state index contributed by atoms with van der Waals surface area (Å²) in [6.07, 6.45) is 1.07. The fourth-order valence-electron chi connectivity index (χ4n) is 1.58. The van der Waals surface area contributed by atoms with Crippen molar-refractivity contribution in [3.8, 4) is 0 Å². The van der Waals surface area contributed by atoms with Crippen molar-refractivity contribution in [2.24, 2.45) is 0 Å². The van der Waals surface area contributed by atoms with Crippen LogP contribution in [0, 0.1) is 0 Å². The third-order valence-corrected chi connectivity index (χ3v) is 3.55. The standard InChI is InChI=1S/C12H17N3S/c1-4-8(3)10-14-11(13-5-2)9-6-7-16-12(9)15-10/h6-8H,4-5H2,1-3H3,(H,13,14,15). The lowest BCUT2D eigenvalue weighted by Gasteiger charge is -2.10. The summed E-state index contributed by atoms with van der Waals surface area (Å²) in [4.78, 5) is 10.3. The van der Waals surface area contributed by atoms with E-state index in [1.54, 1.807) is 11.3 Å². The van der Waals surface area contributed by atoms with E-state index in [0.717, 1.165) is 34.8 Å². The third kappa shape index (κ3) is 2.02. The van der Waals surface area contributed by atoms with Crippen LogP contribution in [-0.2, 0) is 0 Å². The highest BCUT2D eigenvalue weighted by molar-refractivity contribution is 7.16. The number of nitrogens with one attached hydrogen (secondary N) is 1. The summed E-state index contributed by atoms with van der Waals surface area (Å²) >= 11 is 1.68. The molecule has 0 aliphatic carbocycles. The fourth-order valence-corrected chi connectivity index (χ4v) is 2.35. The molecular formula is C12H17N3S. The first-order chi connectivity index (χ1) is 7.76. The van der Waals surface area contributed by atoms with E-state index in [4.69, 9.17) is 0 Å². The zero-order chi connectivity index (χ0) is 11.5. The van der Waals surface area contributed by atoms with Crippen molar-refractivity contribution in [2.75, 3.05) is 11.9 Å². The number of hydrogen-bond acceptors (Lipinski definition) is 4. The molecular weight excluding hydrogens is 218 g/mol. The fraction of sp³-hybridized carbons (Fsp3) is 0.500. The van der Waals surface area contributed by atoms with Crippen molar-refractivity contribution in [2.45, 2.75) is 33.1 Å². The Morgan fingerprint density at radius 3 is 2.88 bits per heavy atom. The summed E-state index contributed by atoms with van der Waals surface area (Å²) in [6, 6.07) is 2.08. The zero-order valence-electron chi connectivity index (χ0n) is 9.95. The lowest BCUT2D eigenvalue weighted by Crippen LogP contribution is -2.05. The van der Waals surface area contributed by atoms with Crippen LogP contribution in [0.5, 0.6) is 0 Å². The second kappa shape index (κ2) is 4.78. The van der Waals surface area contributed by atoms with Crippen molar-refractivity contribution in [1.29, 1.82) is 0 Å². The molecule has 1 atom stereocenters. The van der Waals surface area contributed by atoms with Gasteiger partial charge in [-0.25, -0.2) is 9.97 Å². The molecule has 0 saturated carbocycles. The summed E-state index contributed by atoms with van der Waals surface area (Å²) in [5.41, 5.74) is 0. The Morgan fingerprint density at radius 2 is 2.19 bits per heavy atom. The molecule has 2 rings (SSSR count). The zero-order valence-corrected chi connectivity index (χ0v) is 10.8. The number of hydrogen-bond donors (Lipinski definition) is 1. The Kier molecular flexibility index (Phi) is 3.39. The smallest absolute Gasteiger partial charge is 0.138 e. The van der Waals surface area contributed by atoms with E-state index in [9.17, 15) is 0 Å². The minimum absolute atomic E-state index is 0.420. The molecule has 2 heterocycles. The highest BCUT2D eigenvalue weighted by Gasteiger charge is 2.12. The molecule has 2 aromatic rings. The molecule has 0 aliphatic rings. The van der Waals surface area contributed by atoms with Gasteiger partial charge in [0.05, 0.1) is 5.39 Å². The van der Waals surface area contributed by atoms with Crippen LogP contribution < -0.4 is 5.32 Å². The van der Waals surface area contributed by atoms with Crippen molar-refractivity contribution >= 4 is 27.4 Å². The van der Waals surface area contributed by atoms with E-state index in [1.165, 1.54) is 0 Å². The van der Waals surface area contributed by atoms with Crippen LogP contribution in [0.4, 0.5) is 5.82 Å². The quantitative estimate of drug-likeness (QED) is 0.879. The molecule has 0 aliphatic heterocycles. The van der Waals surface area contributed by atoms with Gasteiger partial charge in [0.1, 0.15) is 16.5 Å². The Morgan fingerprint density at radius 1 is 1.38 bits per heavy atom. The lowest BCUT2D eigenvalue weighted by atomic mass is 10.1. The van der Waals surface area contributed by atoms with Crippen molar-refractivity contribution in [3.63, 3.8) is 0 Å². The summed E-state index contributed by atoms with van der Waals surface area (Å²) in [6.45, 7) is 7.31. The van der Waals surface area contributed by atoms with E-state index >= 15 is 0 Å². The molecule has 1 N–H and O–H groups in total. The molecule has 4 heteroatoms. The number of anilines is 1. The molecule has 0 amide bonds. The Hall–Kier alpha value is -1.16. The molecule has 0 bridgehead atoms. The molecule has 1 unspecified atom stereocenters. The summed E-state index contributed by atoms with van der Waals surface area (Å²) < 4.78 is 0. The van der Waals surface area contributed by atoms with Crippen molar-refractivity contribution in [3.05, 3.63) is 17.3 Å². The number of aromatic nitrogens is 2. The van der Waals surface area contributed by atoms with E-state index in [0.29, 0.717) is 5.92 Å². The van der Waals surface area contributed by atoms with Crippen LogP contribution in [0.1, 0.15) is 38.9 Å². The van der Waals surface area contributed by atoms with Gasteiger partial charge in [0.25, 0.3) is 0 Å². The molecule has 86 valence electrons. The molecule has 0 saturated heterocycles. The lowest BCUT2D eigenvalue weighted by molar-refractivity contribution is 0.684. The number of nitrogens with zero attached hydrogens (tertiary/aromatic N) is 2. The molecule has 0 fully saturated rings. The topological polar surface area (TPSA) is 37.8 Å². The SMILES string of the molecule is CCNc1nc(C(C)CC)nc2sccc12. The number of rotatable bonds is 4. The van der Waals surface area contributed by atoms with Gasteiger partial charge >= 0.3 is 0 Å². The van der Waals surface area contributed by atoms with Gasteiger partial charge in [0, 0.05) is 12.5 Å². The van der Waals surface area contributed by atoms with Gasteiger partial charge in [0.15, 0.2) is 0 Å². The predicted octanol–water partition coefficient (Wildman–Crippen LogP) is 3.64. The first kappa shape index (κ1) is 11.3. The Bertz CT molecular complexity index is 478. The highest BCUT2D eigenvalue weighted by atomic mass is 32.1. The van der Waals surface area contributed by atoms with Gasteiger partial charge in [-0.15, -0.1) is 11.3 Å². The van der Waals surface area contributed by atoms with Crippen LogP contribution in [-0.4, -0.2) is 16.5 Å². The number of fused-ring (bicyclic) bond motifs is 1. The van der Waals surface area contributed by atoms with Crippen LogP contribution in [0.15, 0.2) is 11.4 Å². The number of thiophene rings is 1. The van der Waals surface area contributed by atoms with Crippen LogP contribution >= 0.6 is 11.3 Å². The minimum atomic E-state index is 0.420. The van der Waals surface area contributed by atoms with Gasteiger partial charge in [-0.2, -0.15) is 0 Å². The molecule has 2 aromatic heterocycles. The molecule has 16 heavy (non-hydrogen) atoms. The second-order valence-electron chi connectivity index (χ2n) is 3.91. The van der Waals surface area contributed by atoms with Gasteiger partial charge in [0.2, 0.25) is 0 Å². The summed E-state index contributed by atoms with van der Waals surface area (Å²) in [5, 5.41) is 6.52. The Balaban J connectivity index is 2.52. The van der Waals surface area contributed by atoms with Gasteiger partial charge in [-0.05, 0) is 24.8 Å². The maximum atomic E-state index is 4.62. The third-order valence-electron chi connectivity index (χ3n) is 2.74. The van der Waals surface area contributed by atoms with E-state index in [-0.39, 0.29) is 0 Å². The van der Waals surface area contributed by atoms with E-state index in [2.05, 4.69) is 47.5 Å². The normalized spacial score (nSPS) is 12.9. The average molecular weight is 235 g/mol. The molecule has 0 radical (unpaired) electrons. The summed E-state index contributed by atoms with van der Waals surface area (Å²) in [7, 11) is 0. The van der Waals surface area contributed by atoms with Crippen LogP contribution in [0.3, 0.4) is 0 Å². The van der Waals surface area contributed by atoms with Gasteiger partial charge < -0.3 is 5.32 Å². The van der Waals surface area contributed by atoms with Crippen LogP contribution in [0.25, 0.3) is 10.2 Å².